The minimum absolute atomic E-state index is 0.0367. The van der Waals surface area contributed by atoms with Crippen molar-refractivity contribution in [3.05, 3.63) is 82.7 Å². The van der Waals surface area contributed by atoms with Crippen molar-refractivity contribution in [3.63, 3.8) is 0 Å². The fourth-order valence-corrected chi connectivity index (χ4v) is 3.46. The number of ether oxygens (including phenoxy) is 1. The molecule has 1 heterocycles. The van der Waals surface area contributed by atoms with Gasteiger partial charge in [0.15, 0.2) is 11.0 Å². The molecule has 0 saturated heterocycles. The van der Waals surface area contributed by atoms with Gasteiger partial charge in [0.1, 0.15) is 12.4 Å². The summed E-state index contributed by atoms with van der Waals surface area (Å²) in [6.07, 6.45) is 1.72. The lowest BCUT2D eigenvalue weighted by Gasteiger charge is -2.09. The zero-order valence-electron chi connectivity index (χ0n) is 16.9. The molecule has 2 aromatic carbocycles. The van der Waals surface area contributed by atoms with Crippen molar-refractivity contribution in [2.45, 2.75) is 25.2 Å². The molecule has 0 unspecified atom stereocenters. The lowest BCUT2D eigenvalue weighted by atomic mass is 10.2. The van der Waals surface area contributed by atoms with Gasteiger partial charge in [-0.05, 0) is 36.8 Å². The van der Waals surface area contributed by atoms with Crippen LogP contribution in [0.2, 0.25) is 0 Å². The highest BCUT2D eigenvalue weighted by Gasteiger charge is 2.14. The molecular weight excluding hydrogens is 418 g/mol. The predicted octanol–water partition coefficient (Wildman–Crippen LogP) is 3.99. The molecule has 3 aromatic rings. The first kappa shape index (κ1) is 22.0. The fraction of sp³-hybridized carbons (Fsp3) is 0.190. The molecule has 0 aliphatic rings. The van der Waals surface area contributed by atoms with Gasteiger partial charge in [-0.3, -0.25) is 19.5 Å². The molecule has 0 saturated carbocycles. The number of benzene rings is 2. The molecule has 0 spiro atoms. The number of nitrogens with zero attached hydrogens (tertiary/aromatic N) is 4. The molecule has 9 nitrogen and oxygen atoms in total. The molecule has 1 aromatic heterocycles. The summed E-state index contributed by atoms with van der Waals surface area (Å²) in [6, 6.07) is 13.4. The van der Waals surface area contributed by atoms with Gasteiger partial charge in [0.05, 0.1) is 10.7 Å². The average Bonchev–Trinajstić information content (AvgIpc) is 3.13. The van der Waals surface area contributed by atoms with Gasteiger partial charge >= 0.3 is 0 Å². The highest BCUT2D eigenvalue weighted by molar-refractivity contribution is 7.99. The van der Waals surface area contributed by atoms with E-state index in [1.165, 1.54) is 36.0 Å². The number of aromatic nitrogens is 3. The molecule has 0 aliphatic heterocycles. The van der Waals surface area contributed by atoms with E-state index in [1.807, 2.05) is 35.8 Å². The third kappa shape index (κ3) is 6.16. The Kier molecular flexibility index (Phi) is 7.39. The van der Waals surface area contributed by atoms with Gasteiger partial charge in [-0.25, -0.2) is 0 Å². The van der Waals surface area contributed by atoms with Crippen molar-refractivity contribution >= 4 is 29.0 Å². The number of aryl methyl sites for hydroxylation is 1. The molecule has 1 amide bonds. The molecule has 0 aliphatic carbocycles. The van der Waals surface area contributed by atoms with Crippen LogP contribution in [-0.2, 0) is 17.9 Å². The lowest BCUT2D eigenvalue weighted by Crippen LogP contribution is -2.15. The number of rotatable bonds is 10. The van der Waals surface area contributed by atoms with Gasteiger partial charge in [-0.1, -0.05) is 30.0 Å². The molecule has 0 atom stereocenters. The maximum atomic E-state index is 12.3. The van der Waals surface area contributed by atoms with Crippen LogP contribution in [0.1, 0.15) is 11.4 Å². The Hall–Kier alpha value is -3.66. The molecule has 31 heavy (non-hydrogen) atoms. The van der Waals surface area contributed by atoms with Gasteiger partial charge in [0.2, 0.25) is 5.91 Å². The van der Waals surface area contributed by atoms with Gasteiger partial charge in [0, 0.05) is 24.4 Å². The maximum Gasteiger partial charge on any atom is 0.269 e. The minimum atomic E-state index is -0.492. The van der Waals surface area contributed by atoms with Crippen LogP contribution in [0, 0.1) is 17.0 Å². The van der Waals surface area contributed by atoms with Crippen LogP contribution in [0.5, 0.6) is 5.75 Å². The number of nitro groups is 1. The van der Waals surface area contributed by atoms with Crippen LogP contribution < -0.4 is 10.1 Å². The summed E-state index contributed by atoms with van der Waals surface area (Å²) in [5.41, 5.74) is 1.54. The van der Waals surface area contributed by atoms with Crippen LogP contribution in [0.3, 0.4) is 0 Å². The number of carbonyl (C=O) groups is 1. The SMILES string of the molecule is C=CCn1c(COc2cccc(C)c2)nnc1SCC(=O)Nc1ccc([N+](=O)[O-])cc1. The van der Waals surface area contributed by atoms with Crippen molar-refractivity contribution in [1.82, 2.24) is 14.8 Å². The Balaban J connectivity index is 1.59. The summed E-state index contributed by atoms with van der Waals surface area (Å²) in [6.45, 7) is 6.47. The van der Waals surface area contributed by atoms with Crippen LogP contribution in [-0.4, -0.2) is 31.3 Å². The van der Waals surface area contributed by atoms with Gasteiger partial charge in [-0.15, -0.1) is 16.8 Å². The summed E-state index contributed by atoms with van der Waals surface area (Å²) < 4.78 is 7.65. The second-order valence-electron chi connectivity index (χ2n) is 6.54. The van der Waals surface area contributed by atoms with Crippen LogP contribution in [0.25, 0.3) is 0 Å². The molecule has 10 heteroatoms. The summed E-state index contributed by atoms with van der Waals surface area (Å²) in [7, 11) is 0. The molecule has 1 N–H and O–H groups in total. The predicted molar refractivity (Wildman–Crippen MR) is 118 cm³/mol. The number of amides is 1. The fourth-order valence-electron chi connectivity index (χ4n) is 2.69. The first-order valence-electron chi connectivity index (χ1n) is 9.36. The Morgan fingerprint density at radius 2 is 2.06 bits per heavy atom. The number of nitrogens with one attached hydrogen (secondary N) is 1. The van der Waals surface area contributed by atoms with Gasteiger partial charge < -0.3 is 10.1 Å². The van der Waals surface area contributed by atoms with E-state index in [4.69, 9.17) is 4.74 Å². The van der Waals surface area contributed by atoms with E-state index in [0.717, 1.165) is 11.3 Å². The van der Waals surface area contributed by atoms with Crippen molar-refractivity contribution in [2.75, 3.05) is 11.1 Å². The second kappa shape index (κ2) is 10.4. The standard InChI is InChI=1S/C21H21N5O4S/c1-3-11-25-19(13-30-18-6-4-5-15(2)12-18)23-24-21(25)31-14-20(27)22-16-7-9-17(10-8-16)26(28)29/h3-10,12H,1,11,13-14H2,2H3,(H,22,27). The number of hydrogen-bond acceptors (Lipinski definition) is 7. The van der Waals surface area contributed by atoms with E-state index in [2.05, 4.69) is 22.1 Å². The zero-order valence-corrected chi connectivity index (χ0v) is 17.7. The Bertz CT molecular complexity index is 1080. The smallest absolute Gasteiger partial charge is 0.269 e. The molecule has 0 radical (unpaired) electrons. The average molecular weight is 439 g/mol. The zero-order chi connectivity index (χ0) is 22.2. The summed E-state index contributed by atoms with van der Waals surface area (Å²) in [5.74, 6) is 1.21. The van der Waals surface area contributed by atoms with Crippen LogP contribution in [0.15, 0.2) is 66.3 Å². The second-order valence-corrected chi connectivity index (χ2v) is 7.49. The number of anilines is 1. The highest BCUT2D eigenvalue weighted by atomic mass is 32.2. The number of allylic oxidation sites excluding steroid dienone is 1. The topological polar surface area (TPSA) is 112 Å². The van der Waals surface area contributed by atoms with E-state index in [-0.39, 0.29) is 24.0 Å². The van der Waals surface area contributed by atoms with Crippen molar-refractivity contribution in [2.24, 2.45) is 0 Å². The summed E-state index contributed by atoms with van der Waals surface area (Å²) in [5, 5.41) is 22.3. The first-order valence-corrected chi connectivity index (χ1v) is 10.3. The van der Waals surface area contributed by atoms with Crippen LogP contribution >= 0.6 is 11.8 Å². The summed E-state index contributed by atoms with van der Waals surface area (Å²) >= 11 is 1.23. The quantitative estimate of drug-likeness (QED) is 0.220. The number of hydrogen-bond donors (Lipinski definition) is 1. The first-order chi connectivity index (χ1) is 15.0. The normalized spacial score (nSPS) is 10.5. The lowest BCUT2D eigenvalue weighted by molar-refractivity contribution is -0.384. The monoisotopic (exact) mass is 439 g/mol. The molecule has 0 bridgehead atoms. The van der Waals surface area contributed by atoms with Gasteiger partial charge in [0.25, 0.3) is 5.69 Å². The Labute approximate surface area is 183 Å². The number of carbonyl (C=O) groups excluding carboxylic acids is 1. The van der Waals surface area contributed by atoms with E-state index in [9.17, 15) is 14.9 Å². The minimum Gasteiger partial charge on any atom is -0.486 e. The Morgan fingerprint density at radius 1 is 1.29 bits per heavy atom. The number of non-ortho nitro benzene ring substituents is 1. The van der Waals surface area contributed by atoms with Crippen molar-refractivity contribution < 1.29 is 14.5 Å². The van der Waals surface area contributed by atoms with Crippen molar-refractivity contribution in [1.29, 1.82) is 0 Å². The molecule has 0 fully saturated rings. The maximum absolute atomic E-state index is 12.3. The highest BCUT2D eigenvalue weighted by Crippen LogP contribution is 2.20. The third-order valence-electron chi connectivity index (χ3n) is 4.16. The summed E-state index contributed by atoms with van der Waals surface area (Å²) in [4.78, 5) is 22.5. The van der Waals surface area contributed by atoms with Crippen molar-refractivity contribution in [3.8, 4) is 5.75 Å². The molecule has 160 valence electrons. The van der Waals surface area contributed by atoms with E-state index < -0.39 is 4.92 Å². The number of nitro benzene ring substituents is 1. The Morgan fingerprint density at radius 3 is 2.74 bits per heavy atom. The molecular formula is C21H21N5O4S. The largest absolute Gasteiger partial charge is 0.486 e. The third-order valence-corrected chi connectivity index (χ3v) is 5.12. The van der Waals surface area contributed by atoms with E-state index >= 15 is 0 Å². The molecule has 3 rings (SSSR count). The van der Waals surface area contributed by atoms with E-state index in [0.29, 0.717) is 23.2 Å². The van der Waals surface area contributed by atoms with Gasteiger partial charge in [-0.2, -0.15) is 0 Å². The van der Waals surface area contributed by atoms with E-state index in [1.54, 1.807) is 6.08 Å². The number of thioether (sulfide) groups is 1. The van der Waals surface area contributed by atoms with Crippen LogP contribution in [0.4, 0.5) is 11.4 Å².